The predicted molar refractivity (Wildman–Crippen MR) is 106 cm³/mol. The number of urea groups is 1. The number of benzene rings is 2. The number of hydrogen-bond donors (Lipinski definition) is 2. The van der Waals surface area contributed by atoms with Crippen molar-refractivity contribution >= 4 is 34.4 Å². The largest absolute Gasteiger partial charge is 0.360 e. The summed E-state index contributed by atoms with van der Waals surface area (Å²) >= 11 is 0. The van der Waals surface area contributed by atoms with Gasteiger partial charge in [0.05, 0.1) is 0 Å². The molecule has 8 heteroatoms. The molecule has 8 nitrogen and oxygen atoms in total. The summed E-state index contributed by atoms with van der Waals surface area (Å²) in [6.45, 7) is 3.36. The maximum atomic E-state index is 13.0. The number of carbonyl (C=O) groups excluding carboxylic acids is 3. The van der Waals surface area contributed by atoms with Crippen LogP contribution in [-0.4, -0.2) is 34.4 Å². The summed E-state index contributed by atoms with van der Waals surface area (Å²) in [7, 11) is 0. The number of fused-ring (bicyclic) bond motifs is 1. The van der Waals surface area contributed by atoms with Crippen LogP contribution in [0.4, 0.5) is 10.6 Å². The van der Waals surface area contributed by atoms with Gasteiger partial charge in [0.25, 0.3) is 5.91 Å². The van der Waals surface area contributed by atoms with Crippen LogP contribution in [0.25, 0.3) is 10.8 Å². The molecule has 1 aromatic heterocycles. The second kappa shape index (κ2) is 7.05. The van der Waals surface area contributed by atoms with Crippen molar-refractivity contribution in [1.82, 2.24) is 15.4 Å². The van der Waals surface area contributed by atoms with Crippen molar-refractivity contribution in [2.24, 2.45) is 0 Å². The summed E-state index contributed by atoms with van der Waals surface area (Å²) in [5, 5.41) is 11.1. The van der Waals surface area contributed by atoms with E-state index in [4.69, 9.17) is 4.52 Å². The molecule has 1 unspecified atom stereocenters. The molecule has 29 heavy (non-hydrogen) atoms. The molecule has 1 atom stereocenters. The van der Waals surface area contributed by atoms with Gasteiger partial charge in [-0.25, -0.2) is 4.79 Å². The number of rotatable bonds is 5. The smallest absolute Gasteiger partial charge is 0.325 e. The van der Waals surface area contributed by atoms with E-state index in [2.05, 4.69) is 15.8 Å². The van der Waals surface area contributed by atoms with Gasteiger partial charge in [-0.3, -0.25) is 14.5 Å². The zero-order valence-corrected chi connectivity index (χ0v) is 16.1. The van der Waals surface area contributed by atoms with Crippen molar-refractivity contribution in [3.8, 4) is 0 Å². The van der Waals surface area contributed by atoms with Gasteiger partial charge in [-0.2, -0.15) is 0 Å². The Morgan fingerprint density at radius 2 is 1.93 bits per heavy atom. The van der Waals surface area contributed by atoms with Gasteiger partial charge in [0, 0.05) is 19.0 Å². The standard InChI is InChI=1S/C21H20N4O4/c1-13-11-17(24-29-13)22-18(26)9-10-25-19(27)21(2,23-20(25)28)16-8-7-14-5-3-4-6-15(14)12-16/h3-8,11-12H,9-10H2,1-2H3,(H,23,28)(H,22,24,26). The van der Waals surface area contributed by atoms with Crippen molar-refractivity contribution in [1.29, 1.82) is 0 Å². The van der Waals surface area contributed by atoms with Gasteiger partial charge < -0.3 is 15.2 Å². The van der Waals surface area contributed by atoms with Crippen LogP contribution in [0, 0.1) is 6.92 Å². The highest BCUT2D eigenvalue weighted by Gasteiger charge is 2.48. The number of hydrogen-bond acceptors (Lipinski definition) is 5. The van der Waals surface area contributed by atoms with Crippen molar-refractivity contribution in [2.45, 2.75) is 25.8 Å². The van der Waals surface area contributed by atoms with Crippen molar-refractivity contribution < 1.29 is 18.9 Å². The first-order chi connectivity index (χ1) is 13.9. The van der Waals surface area contributed by atoms with Gasteiger partial charge in [0.2, 0.25) is 5.91 Å². The van der Waals surface area contributed by atoms with E-state index in [1.54, 1.807) is 19.9 Å². The number of imide groups is 1. The molecule has 0 spiro atoms. The molecule has 2 N–H and O–H groups in total. The molecular weight excluding hydrogens is 372 g/mol. The minimum atomic E-state index is -1.18. The highest BCUT2D eigenvalue weighted by Crippen LogP contribution is 2.31. The first-order valence-corrected chi connectivity index (χ1v) is 9.23. The summed E-state index contributed by atoms with van der Waals surface area (Å²) in [5.41, 5.74) is -0.486. The number of anilines is 1. The quantitative estimate of drug-likeness (QED) is 0.650. The lowest BCUT2D eigenvalue weighted by Crippen LogP contribution is -2.41. The number of aryl methyl sites for hydroxylation is 1. The molecule has 2 heterocycles. The first kappa shape index (κ1) is 18.7. The van der Waals surface area contributed by atoms with Crippen molar-refractivity contribution in [3.63, 3.8) is 0 Å². The molecule has 1 aliphatic rings. The Labute approximate surface area is 166 Å². The molecule has 0 saturated carbocycles. The molecular formula is C21H20N4O4. The molecule has 4 rings (SSSR count). The molecule has 1 aliphatic heterocycles. The van der Waals surface area contributed by atoms with Crippen LogP contribution in [0.15, 0.2) is 53.1 Å². The average Bonchev–Trinajstić information content (AvgIpc) is 3.20. The van der Waals surface area contributed by atoms with Crippen LogP contribution < -0.4 is 10.6 Å². The van der Waals surface area contributed by atoms with Crippen LogP contribution >= 0.6 is 0 Å². The van der Waals surface area contributed by atoms with Crippen LogP contribution in [0.5, 0.6) is 0 Å². The SMILES string of the molecule is Cc1cc(NC(=O)CCN2C(=O)NC(C)(c3ccc4ccccc4c3)C2=O)no1. The molecule has 2 aromatic carbocycles. The van der Waals surface area contributed by atoms with E-state index in [0.717, 1.165) is 15.7 Å². The van der Waals surface area contributed by atoms with E-state index < -0.39 is 11.6 Å². The number of carbonyl (C=O) groups is 3. The molecule has 0 bridgehead atoms. The second-order valence-electron chi connectivity index (χ2n) is 7.19. The van der Waals surface area contributed by atoms with Crippen LogP contribution in [-0.2, 0) is 15.1 Å². The second-order valence-corrected chi connectivity index (χ2v) is 7.19. The maximum absolute atomic E-state index is 13.0. The predicted octanol–water partition coefficient (Wildman–Crippen LogP) is 2.93. The molecule has 1 saturated heterocycles. The summed E-state index contributed by atoms with van der Waals surface area (Å²) in [6, 6.07) is 14.5. The highest BCUT2D eigenvalue weighted by molar-refractivity contribution is 6.08. The van der Waals surface area contributed by atoms with Gasteiger partial charge in [-0.1, -0.05) is 41.6 Å². The monoisotopic (exact) mass is 392 g/mol. The minimum absolute atomic E-state index is 0.0312. The fourth-order valence-corrected chi connectivity index (χ4v) is 3.44. The Balaban J connectivity index is 1.47. The van der Waals surface area contributed by atoms with E-state index >= 15 is 0 Å². The van der Waals surface area contributed by atoms with E-state index in [1.807, 2.05) is 42.5 Å². The molecule has 1 fully saturated rings. The summed E-state index contributed by atoms with van der Waals surface area (Å²) in [6.07, 6.45) is -0.0428. The maximum Gasteiger partial charge on any atom is 0.325 e. The topological polar surface area (TPSA) is 105 Å². The molecule has 0 radical (unpaired) electrons. The fourth-order valence-electron chi connectivity index (χ4n) is 3.44. The number of amides is 4. The highest BCUT2D eigenvalue weighted by atomic mass is 16.5. The summed E-state index contributed by atoms with van der Waals surface area (Å²) < 4.78 is 4.89. The molecule has 4 amide bonds. The Morgan fingerprint density at radius 1 is 1.17 bits per heavy atom. The summed E-state index contributed by atoms with van der Waals surface area (Å²) in [4.78, 5) is 38.7. The zero-order chi connectivity index (χ0) is 20.6. The molecule has 0 aliphatic carbocycles. The molecule has 3 aromatic rings. The van der Waals surface area contributed by atoms with Gasteiger partial charge in [-0.05, 0) is 36.2 Å². The fraction of sp³-hybridized carbons (Fsp3) is 0.238. The third-order valence-electron chi connectivity index (χ3n) is 5.06. The summed E-state index contributed by atoms with van der Waals surface area (Å²) in [5.74, 6) is 0.118. The number of aromatic nitrogens is 1. The Morgan fingerprint density at radius 3 is 2.66 bits per heavy atom. The van der Waals surface area contributed by atoms with Gasteiger partial charge in [-0.15, -0.1) is 0 Å². The van der Waals surface area contributed by atoms with Crippen molar-refractivity contribution in [3.05, 3.63) is 59.9 Å². The van der Waals surface area contributed by atoms with Crippen LogP contribution in [0.3, 0.4) is 0 Å². The van der Waals surface area contributed by atoms with Gasteiger partial charge >= 0.3 is 6.03 Å². The normalized spacial score (nSPS) is 18.9. The van der Waals surface area contributed by atoms with E-state index in [0.29, 0.717) is 17.1 Å². The van der Waals surface area contributed by atoms with E-state index in [-0.39, 0.29) is 24.8 Å². The van der Waals surface area contributed by atoms with Gasteiger partial charge in [0.15, 0.2) is 5.82 Å². The lowest BCUT2D eigenvalue weighted by Gasteiger charge is -2.22. The van der Waals surface area contributed by atoms with E-state index in [1.165, 1.54) is 0 Å². The van der Waals surface area contributed by atoms with Crippen LogP contribution in [0.1, 0.15) is 24.7 Å². The average molecular weight is 392 g/mol. The molecule has 148 valence electrons. The van der Waals surface area contributed by atoms with E-state index in [9.17, 15) is 14.4 Å². The van der Waals surface area contributed by atoms with Crippen LogP contribution in [0.2, 0.25) is 0 Å². The first-order valence-electron chi connectivity index (χ1n) is 9.23. The number of nitrogens with one attached hydrogen (secondary N) is 2. The lowest BCUT2D eigenvalue weighted by atomic mass is 9.90. The number of nitrogens with zero attached hydrogens (tertiary/aromatic N) is 2. The third-order valence-corrected chi connectivity index (χ3v) is 5.06. The zero-order valence-electron chi connectivity index (χ0n) is 16.1. The Kier molecular flexibility index (Phi) is 4.54. The lowest BCUT2D eigenvalue weighted by molar-refractivity contribution is -0.131. The Bertz CT molecular complexity index is 1120. The van der Waals surface area contributed by atoms with Gasteiger partial charge in [0.1, 0.15) is 11.3 Å². The Hall–Kier alpha value is -3.68. The minimum Gasteiger partial charge on any atom is -0.360 e. The third kappa shape index (κ3) is 3.44. The van der Waals surface area contributed by atoms with Crippen molar-refractivity contribution in [2.75, 3.05) is 11.9 Å².